The highest BCUT2D eigenvalue weighted by atomic mass is 16.5. The molecule has 50 heavy (non-hydrogen) atoms. The van der Waals surface area contributed by atoms with Crippen molar-refractivity contribution in [1.29, 1.82) is 0 Å². The zero-order valence-electron chi connectivity index (χ0n) is 28.3. The van der Waals surface area contributed by atoms with Gasteiger partial charge in [0.15, 0.2) is 0 Å². The Morgan fingerprint density at radius 2 is 1.12 bits per heavy atom. The molecule has 1 aliphatic heterocycles. The number of rotatable bonds is 2. The molecule has 8 atom stereocenters. The predicted octanol–water partition coefficient (Wildman–Crippen LogP) is 9.89. The average Bonchev–Trinajstić information content (AvgIpc) is 3.91. The second-order valence-electron chi connectivity index (χ2n) is 15.1. The maximum Gasteiger partial charge on any atom is 0.317 e. The molecule has 0 spiro atoms. The molecule has 0 N–H and O–H groups in total. The fourth-order valence-electron chi connectivity index (χ4n) is 9.79. The summed E-state index contributed by atoms with van der Waals surface area (Å²) in [5.41, 5.74) is 10.2. The van der Waals surface area contributed by atoms with Crippen LogP contribution in [0.4, 0.5) is 0 Å². The molecular formula is C46H42O4. The van der Waals surface area contributed by atoms with Crippen molar-refractivity contribution in [2.45, 2.75) is 37.5 Å². The minimum absolute atomic E-state index is 0.191. The Kier molecular flexibility index (Phi) is 7.71. The van der Waals surface area contributed by atoms with Crippen LogP contribution >= 0.6 is 0 Å². The summed E-state index contributed by atoms with van der Waals surface area (Å²) in [4.78, 5) is 28.3. The van der Waals surface area contributed by atoms with Gasteiger partial charge >= 0.3 is 11.9 Å². The lowest BCUT2D eigenvalue weighted by molar-refractivity contribution is -0.146. The summed E-state index contributed by atoms with van der Waals surface area (Å²) in [6.45, 7) is 9.05. The van der Waals surface area contributed by atoms with E-state index in [4.69, 9.17) is 9.47 Å². The van der Waals surface area contributed by atoms with Crippen LogP contribution in [0.25, 0.3) is 33.4 Å². The van der Waals surface area contributed by atoms with Crippen molar-refractivity contribution >= 4 is 11.9 Å². The molecule has 4 aliphatic carbocycles. The fraction of sp³-hybridized carbons (Fsp3) is 0.304. The van der Waals surface area contributed by atoms with Gasteiger partial charge in [-0.15, -0.1) is 13.2 Å². The number of carbonyl (C=O) groups is 2. The number of carbonyl (C=O) groups excluding carboxylic acids is 2. The van der Waals surface area contributed by atoms with Gasteiger partial charge < -0.3 is 9.47 Å². The molecular weight excluding hydrogens is 617 g/mol. The Bertz CT molecular complexity index is 2070. The van der Waals surface area contributed by atoms with Gasteiger partial charge in [0.05, 0.1) is 13.2 Å². The van der Waals surface area contributed by atoms with Gasteiger partial charge in [0, 0.05) is 0 Å². The molecule has 0 radical (unpaired) electrons. The van der Waals surface area contributed by atoms with Crippen LogP contribution in [0.3, 0.4) is 0 Å². The normalized spacial score (nSPS) is 29.8. The van der Waals surface area contributed by atoms with Crippen LogP contribution in [-0.4, -0.2) is 25.2 Å². The maximum absolute atomic E-state index is 14.2. The number of fused-ring (bicyclic) bond motifs is 12. The lowest BCUT2D eigenvalue weighted by Crippen LogP contribution is -2.21. The second-order valence-corrected chi connectivity index (χ2v) is 15.1. The summed E-state index contributed by atoms with van der Waals surface area (Å²) in [6.07, 6.45) is 12.8. The van der Waals surface area contributed by atoms with Crippen LogP contribution in [0.5, 0.6) is 0 Å². The quantitative estimate of drug-likeness (QED) is 0.159. The van der Waals surface area contributed by atoms with Crippen LogP contribution in [0.15, 0.2) is 122 Å². The monoisotopic (exact) mass is 658 g/mol. The summed E-state index contributed by atoms with van der Waals surface area (Å²) < 4.78 is 12.5. The molecule has 0 amide bonds. The van der Waals surface area contributed by atoms with E-state index in [2.05, 4.69) is 92.0 Å². The number of allylic oxidation sites excluding steroid dienone is 4. The van der Waals surface area contributed by atoms with Gasteiger partial charge in [0.2, 0.25) is 0 Å². The first kappa shape index (κ1) is 31.1. The molecule has 9 rings (SSSR count). The third kappa shape index (κ3) is 5.11. The van der Waals surface area contributed by atoms with Gasteiger partial charge in [0.1, 0.15) is 11.8 Å². The number of hydrogen-bond acceptors (Lipinski definition) is 4. The molecule has 5 aliphatic rings. The zero-order chi connectivity index (χ0) is 33.9. The maximum atomic E-state index is 14.2. The van der Waals surface area contributed by atoms with E-state index in [1.807, 2.05) is 30.3 Å². The number of ether oxygens (including phenoxy) is 2. The van der Waals surface area contributed by atoms with Crippen LogP contribution in [-0.2, 0) is 19.1 Å². The summed E-state index contributed by atoms with van der Waals surface area (Å²) in [7, 11) is 0. The SMILES string of the molecule is C=CC1CC2/C=C\C3CC(C=C)C(COC(=O)C4c5ccccc5-c5ccc(cc54)-c4ccc5c(c4)C(C(=O)OCC2C1)c1ccccc1-5)C3. The average molecular weight is 659 g/mol. The minimum atomic E-state index is -0.493. The van der Waals surface area contributed by atoms with E-state index >= 15 is 0 Å². The van der Waals surface area contributed by atoms with Gasteiger partial charge in [-0.25, -0.2) is 0 Å². The summed E-state index contributed by atoms with van der Waals surface area (Å²) >= 11 is 0. The minimum Gasteiger partial charge on any atom is -0.465 e. The van der Waals surface area contributed by atoms with E-state index in [0.717, 1.165) is 81.3 Å². The zero-order valence-corrected chi connectivity index (χ0v) is 28.3. The lowest BCUT2D eigenvalue weighted by atomic mass is 9.91. The highest BCUT2D eigenvalue weighted by Gasteiger charge is 2.40. The highest BCUT2D eigenvalue weighted by Crippen LogP contribution is 2.50. The number of esters is 2. The van der Waals surface area contributed by atoms with Crippen molar-refractivity contribution in [3.05, 3.63) is 145 Å². The highest BCUT2D eigenvalue weighted by molar-refractivity contribution is 5.96. The Hall–Kier alpha value is -4.96. The van der Waals surface area contributed by atoms with Crippen molar-refractivity contribution in [2.75, 3.05) is 13.2 Å². The van der Waals surface area contributed by atoms with Gasteiger partial charge in [-0.05, 0) is 129 Å². The molecule has 4 nitrogen and oxygen atoms in total. The molecule has 2 saturated carbocycles. The first-order chi connectivity index (χ1) is 24.5. The Balaban J connectivity index is 1.14. The van der Waals surface area contributed by atoms with Gasteiger partial charge in [-0.2, -0.15) is 0 Å². The van der Waals surface area contributed by atoms with E-state index in [0.29, 0.717) is 31.0 Å². The third-order valence-electron chi connectivity index (χ3n) is 12.4. The third-order valence-corrected chi connectivity index (χ3v) is 12.4. The Morgan fingerprint density at radius 3 is 1.70 bits per heavy atom. The first-order valence-corrected chi connectivity index (χ1v) is 18.2. The van der Waals surface area contributed by atoms with Gasteiger partial charge in [-0.3, -0.25) is 9.59 Å². The Labute approximate surface area is 294 Å². The molecule has 0 aromatic heterocycles. The summed E-state index contributed by atoms with van der Waals surface area (Å²) in [6, 6.07) is 29.2. The smallest absolute Gasteiger partial charge is 0.317 e. The fourth-order valence-corrected chi connectivity index (χ4v) is 9.79. The van der Waals surface area contributed by atoms with Gasteiger partial charge in [0.25, 0.3) is 0 Å². The molecule has 0 saturated heterocycles. The van der Waals surface area contributed by atoms with E-state index in [1.165, 1.54) is 0 Å². The van der Waals surface area contributed by atoms with Crippen LogP contribution in [0.1, 0.15) is 59.8 Å². The standard InChI is InChI=1S/C46H42O4/c1-3-27-19-30-14-13-28-21-29(4-2)33(22-28)25-49-45(47)43-39-11-7-5-9-35(39)37-17-15-31(23-41(37)43)32-16-18-38-36-10-6-8-12-40(36)44(42(38)24-32)46(48)50-26-34(30)20-27/h3-18,23-24,27-30,33-34,43-44H,1-2,19-22,25-26H2/b14-13-. The molecule has 6 bridgehead atoms. The van der Waals surface area contributed by atoms with Crippen molar-refractivity contribution < 1.29 is 19.1 Å². The summed E-state index contributed by atoms with van der Waals surface area (Å²) in [5, 5.41) is 0. The largest absolute Gasteiger partial charge is 0.465 e. The molecule has 2 fully saturated rings. The Morgan fingerprint density at radius 1 is 0.560 bits per heavy atom. The van der Waals surface area contributed by atoms with Crippen molar-refractivity contribution in [3.63, 3.8) is 0 Å². The molecule has 1 heterocycles. The van der Waals surface area contributed by atoms with E-state index in [1.54, 1.807) is 0 Å². The topological polar surface area (TPSA) is 52.6 Å². The van der Waals surface area contributed by atoms with E-state index < -0.39 is 11.8 Å². The molecule has 8 unspecified atom stereocenters. The predicted molar refractivity (Wildman–Crippen MR) is 197 cm³/mol. The lowest BCUT2D eigenvalue weighted by Gasteiger charge is -2.20. The van der Waals surface area contributed by atoms with Gasteiger partial charge in [-0.1, -0.05) is 97.1 Å². The second kappa shape index (κ2) is 12.4. The number of cyclic esters (lactones) is 2. The van der Waals surface area contributed by atoms with E-state index in [9.17, 15) is 9.59 Å². The molecule has 4 aromatic rings. The number of benzene rings is 4. The van der Waals surface area contributed by atoms with Crippen LogP contribution in [0.2, 0.25) is 0 Å². The molecule has 4 aromatic carbocycles. The van der Waals surface area contributed by atoms with Crippen molar-refractivity contribution in [2.24, 2.45) is 35.5 Å². The van der Waals surface area contributed by atoms with Crippen LogP contribution in [0, 0.1) is 35.5 Å². The number of hydrogen-bond donors (Lipinski definition) is 0. The van der Waals surface area contributed by atoms with Crippen molar-refractivity contribution in [3.8, 4) is 33.4 Å². The molecule has 250 valence electrons. The molecule has 4 heteroatoms. The van der Waals surface area contributed by atoms with E-state index in [-0.39, 0.29) is 29.7 Å². The van der Waals surface area contributed by atoms with Crippen LogP contribution < -0.4 is 0 Å². The van der Waals surface area contributed by atoms with Crippen molar-refractivity contribution in [1.82, 2.24) is 0 Å². The first-order valence-electron chi connectivity index (χ1n) is 18.2. The summed E-state index contributed by atoms with van der Waals surface area (Å²) in [5.74, 6) is 0.494.